The van der Waals surface area contributed by atoms with Gasteiger partial charge >= 0.3 is 0 Å². The summed E-state index contributed by atoms with van der Waals surface area (Å²) in [6, 6.07) is 0.651. The zero-order chi connectivity index (χ0) is 12.1. The van der Waals surface area contributed by atoms with Crippen LogP contribution in [-0.2, 0) is 6.54 Å². The lowest BCUT2D eigenvalue weighted by atomic mass is 10.0. The van der Waals surface area contributed by atoms with E-state index in [9.17, 15) is 0 Å². The van der Waals surface area contributed by atoms with Crippen LogP contribution in [0.3, 0.4) is 0 Å². The summed E-state index contributed by atoms with van der Waals surface area (Å²) < 4.78 is 2.29. The fraction of sp³-hybridized carbons (Fsp3) is 0.786. The van der Waals surface area contributed by atoms with E-state index >= 15 is 0 Å². The zero-order valence-corrected chi connectivity index (χ0v) is 11.2. The normalized spacial score (nSPS) is 16.9. The molecule has 0 aliphatic heterocycles. The minimum Gasteiger partial charge on any atom is -0.353 e. The number of hydrogen-bond acceptors (Lipinski definition) is 2. The van der Waals surface area contributed by atoms with Crippen molar-refractivity contribution in [3.63, 3.8) is 0 Å². The topological polar surface area (TPSA) is 29.9 Å². The Morgan fingerprint density at radius 1 is 1.35 bits per heavy atom. The molecule has 0 spiro atoms. The highest BCUT2D eigenvalue weighted by Gasteiger charge is 2.17. The van der Waals surface area contributed by atoms with Gasteiger partial charge in [-0.25, -0.2) is 4.98 Å². The van der Waals surface area contributed by atoms with Gasteiger partial charge in [-0.15, -0.1) is 0 Å². The van der Waals surface area contributed by atoms with Crippen LogP contribution in [-0.4, -0.2) is 15.6 Å². The first-order valence-corrected chi connectivity index (χ1v) is 7.11. The number of nitrogens with zero attached hydrogens (tertiary/aromatic N) is 2. The molecule has 1 heterocycles. The molecule has 0 aromatic carbocycles. The highest BCUT2D eigenvalue weighted by Crippen LogP contribution is 2.22. The lowest BCUT2D eigenvalue weighted by Crippen LogP contribution is -2.19. The second-order valence-electron chi connectivity index (χ2n) is 5.21. The maximum absolute atomic E-state index is 4.45. The first kappa shape index (κ1) is 12.5. The van der Waals surface area contributed by atoms with Crippen LogP contribution >= 0.6 is 0 Å². The molecule has 96 valence electrons. The molecule has 2 rings (SSSR count). The van der Waals surface area contributed by atoms with Crippen molar-refractivity contribution in [1.29, 1.82) is 0 Å². The Kier molecular flexibility index (Phi) is 4.46. The van der Waals surface area contributed by atoms with Gasteiger partial charge < -0.3 is 9.88 Å². The van der Waals surface area contributed by atoms with Crippen LogP contribution in [0.1, 0.15) is 52.4 Å². The van der Waals surface area contributed by atoms with Crippen molar-refractivity contribution in [2.45, 2.75) is 65.0 Å². The van der Waals surface area contributed by atoms with Crippen molar-refractivity contribution in [3.8, 4) is 0 Å². The number of anilines is 1. The lowest BCUT2D eigenvalue weighted by molar-refractivity contribution is 0.420. The Bertz CT molecular complexity index is 303. The van der Waals surface area contributed by atoms with Crippen molar-refractivity contribution < 1.29 is 0 Å². The number of hydrogen-bond donors (Lipinski definition) is 1. The van der Waals surface area contributed by atoms with E-state index in [-0.39, 0.29) is 0 Å². The van der Waals surface area contributed by atoms with Crippen molar-refractivity contribution in [1.82, 2.24) is 9.55 Å². The van der Waals surface area contributed by atoms with Crippen LogP contribution in [0.5, 0.6) is 0 Å². The van der Waals surface area contributed by atoms with Crippen LogP contribution in [0.15, 0.2) is 12.4 Å². The van der Waals surface area contributed by atoms with Crippen LogP contribution in [0, 0.1) is 5.92 Å². The van der Waals surface area contributed by atoms with Crippen molar-refractivity contribution >= 4 is 5.95 Å². The zero-order valence-electron chi connectivity index (χ0n) is 11.2. The van der Waals surface area contributed by atoms with Gasteiger partial charge in [0.05, 0.1) is 0 Å². The van der Waals surface area contributed by atoms with Gasteiger partial charge in [0.25, 0.3) is 0 Å². The van der Waals surface area contributed by atoms with Gasteiger partial charge in [-0.2, -0.15) is 0 Å². The van der Waals surface area contributed by atoms with Gasteiger partial charge in [-0.1, -0.05) is 39.5 Å². The smallest absolute Gasteiger partial charge is 0.202 e. The quantitative estimate of drug-likeness (QED) is 0.815. The van der Waals surface area contributed by atoms with E-state index in [4.69, 9.17) is 0 Å². The predicted molar refractivity (Wildman–Crippen MR) is 72.2 cm³/mol. The molecule has 1 saturated carbocycles. The lowest BCUT2D eigenvalue weighted by Gasteiger charge is -2.18. The maximum atomic E-state index is 4.45. The average molecular weight is 235 g/mol. The number of nitrogens with one attached hydrogen (secondary N) is 1. The largest absolute Gasteiger partial charge is 0.353 e. The summed E-state index contributed by atoms with van der Waals surface area (Å²) >= 11 is 0. The first-order chi connectivity index (χ1) is 8.33. The van der Waals surface area contributed by atoms with Crippen molar-refractivity contribution in [2.24, 2.45) is 5.92 Å². The molecule has 0 atom stereocenters. The highest BCUT2D eigenvalue weighted by atomic mass is 15.2. The summed E-state index contributed by atoms with van der Waals surface area (Å²) in [5.41, 5.74) is 0. The van der Waals surface area contributed by atoms with E-state index in [1.165, 1.54) is 38.5 Å². The van der Waals surface area contributed by atoms with Gasteiger partial charge in [0.1, 0.15) is 0 Å². The third-order valence-electron chi connectivity index (χ3n) is 4.01. The summed E-state index contributed by atoms with van der Waals surface area (Å²) in [4.78, 5) is 4.45. The highest BCUT2D eigenvalue weighted by molar-refractivity contribution is 5.28. The molecule has 1 aliphatic carbocycles. The Morgan fingerprint density at radius 3 is 2.71 bits per heavy atom. The van der Waals surface area contributed by atoms with Crippen molar-refractivity contribution in [2.75, 3.05) is 5.32 Å². The third-order valence-corrected chi connectivity index (χ3v) is 4.01. The molecule has 1 aliphatic rings. The van der Waals surface area contributed by atoms with E-state index in [2.05, 4.69) is 34.9 Å². The van der Waals surface area contributed by atoms with Gasteiger partial charge in [0, 0.05) is 25.0 Å². The Labute approximate surface area is 105 Å². The number of aromatic nitrogens is 2. The number of rotatable bonds is 6. The molecule has 1 aromatic rings. The maximum Gasteiger partial charge on any atom is 0.202 e. The predicted octanol–water partition coefficient (Wildman–Crippen LogP) is 3.67. The summed E-state index contributed by atoms with van der Waals surface area (Å²) in [5, 5.41) is 3.59. The van der Waals surface area contributed by atoms with Crippen LogP contribution < -0.4 is 5.32 Å². The standard InChI is InChI=1S/C14H25N3/c1-3-12(4-2)11-17-10-9-15-14(17)16-13-7-5-6-8-13/h9-10,12-13H,3-8,11H2,1-2H3,(H,15,16). The second kappa shape index (κ2) is 6.08. The molecule has 1 aromatic heterocycles. The van der Waals surface area contributed by atoms with Gasteiger partial charge in [0.15, 0.2) is 0 Å². The van der Waals surface area contributed by atoms with Crippen LogP contribution in [0.25, 0.3) is 0 Å². The molecule has 0 bridgehead atoms. The monoisotopic (exact) mass is 235 g/mol. The van der Waals surface area contributed by atoms with E-state index in [1.807, 2.05) is 6.20 Å². The Balaban J connectivity index is 1.95. The van der Waals surface area contributed by atoms with Gasteiger partial charge in [-0.3, -0.25) is 0 Å². The summed E-state index contributed by atoms with van der Waals surface area (Å²) in [7, 11) is 0. The molecule has 3 heteroatoms. The molecule has 1 fully saturated rings. The van der Waals surface area contributed by atoms with E-state index in [0.717, 1.165) is 18.4 Å². The summed E-state index contributed by atoms with van der Waals surface area (Å²) in [6.07, 6.45) is 11.9. The minimum atomic E-state index is 0.651. The summed E-state index contributed by atoms with van der Waals surface area (Å²) in [6.45, 7) is 5.65. The fourth-order valence-electron chi connectivity index (χ4n) is 2.67. The summed E-state index contributed by atoms with van der Waals surface area (Å²) in [5.74, 6) is 1.84. The average Bonchev–Trinajstić information content (AvgIpc) is 2.99. The number of imidazole rings is 1. The van der Waals surface area contributed by atoms with E-state index < -0.39 is 0 Å². The van der Waals surface area contributed by atoms with Crippen molar-refractivity contribution in [3.05, 3.63) is 12.4 Å². The first-order valence-electron chi connectivity index (χ1n) is 7.11. The second-order valence-corrected chi connectivity index (χ2v) is 5.21. The SMILES string of the molecule is CCC(CC)Cn1ccnc1NC1CCCC1. The molecule has 17 heavy (non-hydrogen) atoms. The Morgan fingerprint density at radius 2 is 2.06 bits per heavy atom. The molecular weight excluding hydrogens is 210 g/mol. The molecule has 1 N–H and O–H groups in total. The van der Waals surface area contributed by atoms with Crippen LogP contribution in [0.2, 0.25) is 0 Å². The van der Waals surface area contributed by atoms with Crippen LogP contribution in [0.4, 0.5) is 5.95 Å². The molecule has 0 radical (unpaired) electrons. The molecule has 0 unspecified atom stereocenters. The van der Waals surface area contributed by atoms with Gasteiger partial charge in [-0.05, 0) is 18.8 Å². The third kappa shape index (κ3) is 3.24. The van der Waals surface area contributed by atoms with E-state index in [1.54, 1.807) is 0 Å². The molecule has 3 nitrogen and oxygen atoms in total. The molecular formula is C14H25N3. The minimum absolute atomic E-state index is 0.651. The Hall–Kier alpha value is -0.990. The molecule has 0 saturated heterocycles. The van der Waals surface area contributed by atoms with E-state index in [0.29, 0.717) is 6.04 Å². The molecule has 0 amide bonds. The van der Waals surface area contributed by atoms with Gasteiger partial charge in [0.2, 0.25) is 5.95 Å². The fourth-order valence-corrected chi connectivity index (χ4v) is 2.67.